The van der Waals surface area contributed by atoms with Gasteiger partial charge in [-0.05, 0) is 37.3 Å². The van der Waals surface area contributed by atoms with Gasteiger partial charge < -0.3 is 10.1 Å². The van der Waals surface area contributed by atoms with Gasteiger partial charge in [0.05, 0.1) is 11.6 Å². The average Bonchev–Trinajstić information content (AvgIpc) is 2.52. The van der Waals surface area contributed by atoms with Crippen molar-refractivity contribution in [1.82, 2.24) is 5.32 Å². The highest BCUT2D eigenvalue weighted by Crippen LogP contribution is 2.36. The highest BCUT2D eigenvalue weighted by molar-refractivity contribution is 5.79. The van der Waals surface area contributed by atoms with Crippen LogP contribution in [-0.4, -0.2) is 18.1 Å². The molecular formula is C17H19F3N2O2. The van der Waals surface area contributed by atoms with Gasteiger partial charge in [0.1, 0.15) is 11.3 Å². The molecule has 1 saturated carbocycles. The van der Waals surface area contributed by atoms with E-state index in [2.05, 4.69) is 11.4 Å². The first kappa shape index (κ1) is 18.1. The van der Waals surface area contributed by atoms with Crippen LogP contribution in [0.3, 0.4) is 0 Å². The van der Waals surface area contributed by atoms with Crippen molar-refractivity contribution < 1.29 is 22.7 Å². The van der Waals surface area contributed by atoms with Crippen molar-refractivity contribution in [2.45, 2.75) is 44.3 Å². The topological polar surface area (TPSA) is 62.1 Å². The number of carbonyl (C=O) groups is 1. The summed E-state index contributed by atoms with van der Waals surface area (Å²) in [5, 5.41) is 12.0. The van der Waals surface area contributed by atoms with Crippen LogP contribution in [0.15, 0.2) is 24.3 Å². The molecule has 1 aliphatic carbocycles. The summed E-state index contributed by atoms with van der Waals surface area (Å²) in [7, 11) is 0. The molecular weight excluding hydrogens is 321 g/mol. The number of alkyl halides is 3. The lowest BCUT2D eigenvalue weighted by molar-refractivity contribution is -0.139. The Labute approximate surface area is 138 Å². The molecule has 0 spiro atoms. The van der Waals surface area contributed by atoms with Crippen molar-refractivity contribution in [3.8, 4) is 11.8 Å². The van der Waals surface area contributed by atoms with Crippen LogP contribution >= 0.6 is 0 Å². The van der Waals surface area contributed by atoms with Gasteiger partial charge in [0.15, 0.2) is 6.61 Å². The number of nitriles is 1. The van der Waals surface area contributed by atoms with Gasteiger partial charge >= 0.3 is 6.18 Å². The third-order valence-corrected chi connectivity index (χ3v) is 4.14. The summed E-state index contributed by atoms with van der Waals surface area (Å²) in [6.45, 7) is 1.44. The van der Waals surface area contributed by atoms with E-state index >= 15 is 0 Å². The van der Waals surface area contributed by atoms with Crippen LogP contribution in [0.1, 0.15) is 38.2 Å². The molecule has 0 aliphatic heterocycles. The van der Waals surface area contributed by atoms with E-state index in [0.29, 0.717) is 18.8 Å². The predicted octanol–water partition coefficient (Wildman–Crippen LogP) is 3.67. The Kier molecular flexibility index (Phi) is 5.37. The zero-order chi connectivity index (χ0) is 17.8. The van der Waals surface area contributed by atoms with Crippen molar-refractivity contribution in [1.29, 1.82) is 5.26 Å². The molecule has 0 bridgehead atoms. The summed E-state index contributed by atoms with van der Waals surface area (Å²) in [5.74, 6) is -0.684. The lowest BCUT2D eigenvalue weighted by Crippen LogP contribution is -2.51. The number of carbonyl (C=O) groups excluding carboxylic acids is 1. The number of halogens is 3. The van der Waals surface area contributed by atoms with Gasteiger partial charge in [0, 0.05) is 0 Å². The minimum atomic E-state index is -4.56. The average molecular weight is 340 g/mol. The molecule has 0 radical (unpaired) electrons. The van der Waals surface area contributed by atoms with Gasteiger partial charge in [-0.2, -0.15) is 18.4 Å². The number of ether oxygens (including phenoxy) is 1. The van der Waals surface area contributed by atoms with Crippen molar-refractivity contribution in [3.63, 3.8) is 0 Å². The van der Waals surface area contributed by atoms with Gasteiger partial charge in [0.25, 0.3) is 5.91 Å². The first-order valence-corrected chi connectivity index (χ1v) is 7.77. The maximum absolute atomic E-state index is 12.9. The molecule has 1 fully saturated rings. The van der Waals surface area contributed by atoms with Crippen LogP contribution in [0, 0.1) is 17.2 Å². The fraction of sp³-hybridized carbons (Fsp3) is 0.529. The van der Waals surface area contributed by atoms with Crippen LogP contribution in [0.25, 0.3) is 0 Å². The lowest BCUT2D eigenvalue weighted by Gasteiger charge is -2.34. The number of rotatable bonds is 4. The smallest absolute Gasteiger partial charge is 0.419 e. The van der Waals surface area contributed by atoms with Crippen molar-refractivity contribution in [3.05, 3.63) is 29.8 Å². The molecule has 1 amide bonds. The Morgan fingerprint density at radius 2 is 2.17 bits per heavy atom. The first-order chi connectivity index (χ1) is 11.3. The molecule has 2 rings (SSSR count). The molecule has 0 saturated heterocycles. The number of amides is 1. The van der Waals surface area contributed by atoms with E-state index in [9.17, 15) is 23.2 Å². The quantitative estimate of drug-likeness (QED) is 0.909. The van der Waals surface area contributed by atoms with Gasteiger partial charge in [-0.15, -0.1) is 0 Å². The van der Waals surface area contributed by atoms with Crippen molar-refractivity contribution in [2.24, 2.45) is 5.92 Å². The van der Waals surface area contributed by atoms with Gasteiger partial charge in [0.2, 0.25) is 0 Å². The first-order valence-electron chi connectivity index (χ1n) is 7.77. The minimum Gasteiger partial charge on any atom is -0.483 e. The van der Waals surface area contributed by atoms with E-state index < -0.39 is 35.5 Å². The highest BCUT2D eigenvalue weighted by Gasteiger charge is 2.37. The number of hydrogen-bond donors (Lipinski definition) is 1. The number of nitrogens with one attached hydrogen (secondary N) is 1. The molecule has 1 aliphatic rings. The van der Waals surface area contributed by atoms with E-state index in [1.807, 2.05) is 6.92 Å². The molecule has 2 atom stereocenters. The minimum absolute atomic E-state index is 0.311. The summed E-state index contributed by atoms with van der Waals surface area (Å²) in [4.78, 5) is 12.0. The maximum Gasteiger partial charge on any atom is 0.419 e. The Hall–Kier alpha value is -2.23. The van der Waals surface area contributed by atoms with E-state index in [4.69, 9.17) is 4.74 Å². The Bertz CT molecular complexity index is 639. The normalized spacial score (nSPS) is 24.0. The fourth-order valence-corrected chi connectivity index (χ4v) is 3.07. The second kappa shape index (κ2) is 7.12. The molecule has 130 valence electrons. The molecule has 1 aromatic rings. The van der Waals surface area contributed by atoms with Crippen LogP contribution in [0.5, 0.6) is 5.75 Å². The summed E-state index contributed by atoms with van der Waals surface area (Å²) >= 11 is 0. The number of hydrogen-bond acceptors (Lipinski definition) is 3. The number of nitrogens with zero attached hydrogens (tertiary/aromatic N) is 1. The molecule has 1 N–H and O–H groups in total. The molecule has 0 heterocycles. The molecule has 1 aromatic carbocycles. The fourth-order valence-electron chi connectivity index (χ4n) is 3.07. The second-order valence-corrected chi connectivity index (χ2v) is 6.23. The lowest BCUT2D eigenvalue weighted by atomic mass is 9.77. The molecule has 7 heteroatoms. The maximum atomic E-state index is 12.9. The predicted molar refractivity (Wildman–Crippen MR) is 81.1 cm³/mol. The summed E-state index contributed by atoms with van der Waals surface area (Å²) in [6, 6.07) is 6.86. The molecule has 24 heavy (non-hydrogen) atoms. The van der Waals surface area contributed by atoms with Crippen molar-refractivity contribution in [2.75, 3.05) is 6.61 Å². The highest BCUT2D eigenvalue weighted by atomic mass is 19.4. The zero-order valence-corrected chi connectivity index (χ0v) is 13.3. The molecule has 2 unspecified atom stereocenters. The number of benzene rings is 1. The monoisotopic (exact) mass is 340 g/mol. The number of para-hydroxylation sites is 1. The second-order valence-electron chi connectivity index (χ2n) is 6.23. The third kappa shape index (κ3) is 4.40. The van der Waals surface area contributed by atoms with Crippen LogP contribution < -0.4 is 10.1 Å². The Morgan fingerprint density at radius 3 is 2.79 bits per heavy atom. The van der Waals surface area contributed by atoms with Gasteiger partial charge in [-0.25, -0.2) is 0 Å². The third-order valence-electron chi connectivity index (χ3n) is 4.14. The Morgan fingerprint density at radius 1 is 1.46 bits per heavy atom. The van der Waals surface area contributed by atoms with E-state index in [1.54, 1.807) is 0 Å². The van der Waals surface area contributed by atoms with Crippen LogP contribution in [0.2, 0.25) is 0 Å². The van der Waals surface area contributed by atoms with Crippen LogP contribution in [-0.2, 0) is 11.0 Å². The summed E-state index contributed by atoms with van der Waals surface area (Å²) in [6.07, 6.45) is -1.66. The van der Waals surface area contributed by atoms with Crippen molar-refractivity contribution >= 4 is 5.91 Å². The standard InChI is InChI=1S/C17H19F3N2O2/c1-12-5-4-8-16(9-12,11-21)22-15(23)10-24-14-7-3-2-6-13(14)17(18,19)20/h2-3,6-7,12H,4-5,8-10H2,1H3,(H,22,23). The van der Waals surface area contributed by atoms with E-state index in [-0.39, 0.29) is 0 Å². The van der Waals surface area contributed by atoms with E-state index in [1.165, 1.54) is 18.2 Å². The summed E-state index contributed by atoms with van der Waals surface area (Å²) in [5.41, 5.74) is -1.89. The Balaban J connectivity index is 2.00. The largest absolute Gasteiger partial charge is 0.483 e. The van der Waals surface area contributed by atoms with Crippen LogP contribution in [0.4, 0.5) is 13.2 Å². The van der Waals surface area contributed by atoms with E-state index in [0.717, 1.165) is 18.9 Å². The summed E-state index contributed by atoms with van der Waals surface area (Å²) < 4.78 is 43.7. The zero-order valence-electron chi connectivity index (χ0n) is 13.3. The molecule has 0 aromatic heterocycles. The molecule has 4 nitrogen and oxygen atoms in total. The van der Waals surface area contributed by atoms with Gasteiger partial charge in [-0.3, -0.25) is 4.79 Å². The van der Waals surface area contributed by atoms with Gasteiger partial charge in [-0.1, -0.05) is 25.5 Å². The SMILES string of the molecule is CC1CCCC(C#N)(NC(=O)COc2ccccc2C(F)(F)F)C1.